The fourth-order valence-corrected chi connectivity index (χ4v) is 2.79. The second-order valence-electron chi connectivity index (χ2n) is 7.33. The number of nitrogens with one attached hydrogen (secondary N) is 2. The minimum Gasteiger partial charge on any atom is -0.481 e. The number of carboxylic acids is 1. The van der Waals surface area contributed by atoms with Gasteiger partial charge in [0.15, 0.2) is 0 Å². The molecule has 1 aliphatic rings. The minimum atomic E-state index is -0.887. The first kappa shape index (κ1) is 17.8. The monoisotopic (exact) mass is 299 g/mol. The van der Waals surface area contributed by atoms with Gasteiger partial charge in [-0.25, -0.2) is 4.79 Å². The predicted molar refractivity (Wildman–Crippen MR) is 82.3 cm³/mol. The molecule has 122 valence electrons. The van der Waals surface area contributed by atoms with E-state index >= 15 is 0 Å². The van der Waals surface area contributed by atoms with E-state index in [9.17, 15) is 9.59 Å². The number of carbonyl (C=O) groups is 2. The van der Waals surface area contributed by atoms with Crippen molar-refractivity contribution in [2.75, 3.05) is 26.7 Å². The lowest BCUT2D eigenvalue weighted by molar-refractivity contribution is -0.137. The molecule has 1 heterocycles. The molecule has 0 saturated carbocycles. The van der Waals surface area contributed by atoms with Gasteiger partial charge in [0.1, 0.15) is 0 Å². The molecule has 0 aromatic rings. The van der Waals surface area contributed by atoms with Crippen LogP contribution in [-0.4, -0.2) is 54.7 Å². The summed E-state index contributed by atoms with van der Waals surface area (Å²) in [6.07, 6.45) is 1.69. The van der Waals surface area contributed by atoms with Gasteiger partial charge in [0, 0.05) is 19.1 Å². The first-order chi connectivity index (χ1) is 9.65. The van der Waals surface area contributed by atoms with Crippen molar-refractivity contribution in [1.82, 2.24) is 15.5 Å². The Balaban J connectivity index is 2.38. The number of likely N-dealkylation sites (tertiary alicyclic amines) is 1. The maximum absolute atomic E-state index is 11.9. The van der Waals surface area contributed by atoms with Crippen LogP contribution in [0.1, 0.15) is 40.0 Å². The molecule has 0 aliphatic carbocycles. The Morgan fingerprint density at radius 3 is 2.52 bits per heavy atom. The van der Waals surface area contributed by atoms with Gasteiger partial charge in [-0.2, -0.15) is 0 Å². The molecule has 21 heavy (non-hydrogen) atoms. The highest BCUT2D eigenvalue weighted by molar-refractivity contribution is 5.75. The average molecular weight is 299 g/mol. The molecule has 2 unspecified atom stereocenters. The molecule has 1 rings (SSSR count). The van der Waals surface area contributed by atoms with E-state index in [-0.39, 0.29) is 23.9 Å². The number of nitrogens with zero attached hydrogens (tertiary/aromatic N) is 1. The summed E-state index contributed by atoms with van der Waals surface area (Å²) in [5, 5.41) is 14.6. The van der Waals surface area contributed by atoms with Crippen LogP contribution in [0.15, 0.2) is 0 Å². The first-order valence-corrected chi connectivity index (χ1v) is 7.60. The van der Waals surface area contributed by atoms with Crippen molar-refractivity contribution in [3.8, 4) is 0 Å². The SMILES string of the molecule is CN1CCC(CNC(=O)NC(CC(=O)O)CC(C)(C)C)C1. The fourth-order valence-electron chi connectivity index (χ4n) is 2.79. The van der Waals surface area contributed by atoms with E-state index in [1.807, 2.05) is 20.8 Å². The van der Waals surface area contributed by atoms with Gasteiger partial charge in [-0.15, -0.1) is 0 Å². The maximum atomic E-state index is 11.9. The summed E-state index contributed by atoms with van der Waals surface area (Å²) < 4.78 is 0. The summed E-state index contributed by atoms with van der Waals surface area (Å²) >= 11 is 0. The van der Waals surface area contributed by atoms with E-state index in [1.165, 1.54) is 0 Å². The lowest BCUT2D eigenvalue weighted by Gasteiger charge is -2.26. The Hall–Kier alpha value is -1.30. The molecule has 6 heteroatoms. The molecule has 1 aliphatic heterocycles. The van der Waals surface area contributed by atoms with Crippen molar-refractivity contribution >= 4 is 12.0 Å². The molecule has 1 fully saturated rings. The molecule has 0 aromatic heterocycles. The van der Waals surface area contributed by atoms with E-state index in [4.69, 9.17) is 5.11 Å². The lowest BCUT2D eigenvalue weighted by Crippen LogP contribution is -2.45. The summed E-state index contributed by atoms with van der Waals surface area (Å²) in [6.45, 7) is 8.83. The fraction of sp³-hybridized carbons (Fsp3) is 0.867. The van der Waals surface area contributed by atoms with Gasteiger partial charge in [0.2, 0.25) is 0 Å². The first-order valence-electron chi connectivity index (χ1n) is 7.60. The van der Waals surface area contributed by atoms with Crippen molar-refractivity contribution in [1.29, 1.82) is 0 Å². The second kappa shape index (κ2) is 7.64. The minimum absolute atomic E-state index is 0.0262. The van der Waals surface area contributed by atoms with Gasteiger partial charge < -0.3 is 20.6 Å². The molecular formula is C15H29N3O3. The third kappa shape index (κ3) is 7.90. The molecular weight excluding hydrogens is 270 g/mol. The van der Waals surface area contributed by atoms with Gasteiger partial charge in [-0.05, 0) is 37.8 Å². The van der Waals surface area contributed by atoms with E-state index in [2.05, 4.69) is 22.6 Å². The van der Waals surface area contributed by atoms with Gasteiger partial charge in [-0.3, -0.25) is 4.79 Å². The number of amides is 2. The molecule has 2 amide bonds. The molecule has 2 atom stereocenters. The van der Waals surface area contributed by atoms with Crippen molar-refractivity contribution in [2.24, 2.45) is 11.3 Å². The van der Waals surface area contributed by atoms with Crippen molar-refractivity contribution in [3.63, 3.8) is 0 Å². The zero-order valence-electron chi connectivity index (χ0n) is 13.6. The highest BCUT2D eigenvalue weighted by Gasteiger charge is 2.24. The van der Waals surface area contributed by atoms with Crippen LogP contribution in [0, 0.1) is 11.3 Å². The number of carbonyl (C=O) groups excluding carboxylic acids is 1. The highest BCUT2D eigenvalue weighted by Crippen LogP contribution is 2.22. The number of hydrogen-bond donors (Lipinski definition) is 3. The largest absolute Gasteiger partial charge is 0.481 e. The van der Waals surface area contributed by atoms with Crippen LogP contribution in [-0.2, 0) is 4.79 Å². The molecule has 1 saturated heterocycles. The van der Waals surface area contributed by atoms with E-state index in [0.717, 1.165) is 19.5 Å². The molecule has 0 spiro atoms. The number of urea groups is 1. The highest BCUT2D eigenvalue weighted by atomic mass is 16.4. The zero-order chi connectivity index (χ0) is 16.0. The van der Waals surface area contributed by atoms with Crippen molar-refractivity contribution < 1.29 is 14.7 Å². The van der Waals surface area contributed by atoms with Crippen LogP contribution >= 0.6 is 0 Å². The van der Waals surface area contributed by atoms with E-state index < -0.39 is 5.97 Å². The normalized spacial score (nSPS) is 21.0. The molecule has 0 bridgehead atoms. The molecule has 3 N–H and O–H groups in total. The van der Waals surface area contributed by atoms with Crippen LogP contribution in [0.25, 0.3) is 0 Å². The average Bonchev–Trinajstić information content (AvgIpc) is 2.69. The Bertz CT molecular complexity index is 366. The summed E-state index contributed by atoms with van der Waals surface area (Å²) in [6, 6.07) is -0.603. The Morgan fingerprint density at radius 1 is 1.38 bits per heavy atom. The Labute approximate surface area is 127 Å². The van der Waals surface area contributed by atoms with Crippen molar-refractivity contribution in [2.45, 2.75) is 46.1 Å². The number of hydrogen-bond acceptors (Lipinski definition) is 3. The Kier molecular flexibility index (Phi) is 6.45. The van der Waals surface area contributed by atoms with Gasteiger partial charge >= 0.3 is 12.0 Å². The quantitative estimate of drug-likeness (QED) is 0.694. The van der Waals surface area contributed by atoms with Gasteiger partial charge in [0.25, 0.3) is 0 Å². The number of rotatable bonds is 6. The lowest BCUT2D eigenvalue weighted by atomic mass is 9.87. The smallest absolute Gasteiger partial charge is 0.315 e. The maximum Gasteiger partial charge on any atom is 0.315 e. The summed E-state index contributed by atoms with van der Waals surface area (Å²) in [4.78, 5) is 25.1. The second-order valence-corrected chi connectivity index (χ2v) is 7.33. The molecule has 0 radical (unpaired) electrons. The zero-order valence-corrected chi connectivity index (χ0v) is 13.6. The van der Waals surface area contributed by atoms with E-state index in [0.29, 0.717) is 18.9 Å². The molecule has 6 nitrogen and oxygen atoms in total. The number of aliphatic carboxylic acids is 1. The summed E-state index contributed by atoms with van der Waals surface area (Å²) in [5.41, 5.74) is -0.0262. The van der Waals surface area contributed by atoms with Crippen LogP contribution < -0.4 is 10.6 Å². The number of carboxylic acid groups (broad SMARTS) is 1. The molecule has 0 aromatic carbocycles. The third-order valence-electron chi connectivity index (χ3n) is 3.66. The van der Waals surface area contributed by atoms with Crippen LogP contribution in [0.3, 0.4) is 0 Å². The summed E-state index contributed by atoms with van der Waals surface area (Å²) in [7, 11) is 2.08. The van der Waals surface area contributed by atoms with Gasteiger partial charge in [0.05, 0.1) is 6.42 Å². The van der Waals surface area contributed by atoms with Crippen molar-refractivity contribution in [3.05, 3.63) is 0 Å². The van der Waals surface area contributed by atoms with Crippen LogP contribution in [0.2, 0.25) is 0 Å². The Morgan fingerprint density at radius 2 is 2.05 bits per heavy atom. The topological polar surface area (TPSA) is 81.7 Å². The van der Waals surface area contributed by atoms with E-state index in [1.54, 1.807) is 0 Å². The standard InChI is InChI=1S/C15H29N3O3/c1-15(2,3)8-12(7-13(19)20)17-14(21)16-9-11-5-6-18(4)10-11/h11-12H,5-10H2,1-4H3,(H,19,20)(H2,16,17,21). The third-order valence-corrected chi connectivity index (χ3v) is 3.66. The van der Waals surface area contributed by atoms with Crippen LogP contribution in [0.4, 0.5) is 4.79 Å². The summed E-state index contributed by atoms with van der Waals surface area (Å²) in [5.74, 6) is -0.400. The van der Waals surface area contributed by atoms with Gasteiger partial charge in [-0.1, -0.05) is 20.8 Å². The van der Waals surface area contributed by atoms with Crippen LogP contribution in [0.5, 0.6) is 0 Å². The predicted octanol–water partition coefficient (Wildman–Crippen LogP) is 1.52.